The fourth-order valence-corrected chi connectivity index (χ4v) is 5.03. The van der Waals surface area contributed by atoms with E-state index in [0.717, 1.165) is 30.3 Å². The number of aromatic nitrogens is 2. The quantitative estimate of drug-likeness (QED) is 0.772. The van der Waals surface area contributed by atoms with Gasteiger partial charge in [0.1, 0.15) is 6.54 Å². The van der Waals surface area contributed by atoms with Crippen LogP contribution < -0.4 is 0 Å². The van der Waals surface area contributed by atoms with Gasteiger partial charge in [-0.3, -0.25) is 4.79 Å². The van der Waals surface area contributed by atoms with Crippen LogP contribution in [0.1, 0.15) is 44.9 Å². The highest BCUT2D eigenvalue weighted by Crippen LogP contribution is 2.39. The van der Waals surface area contributed by atoms with Gasteiger partial charge >= 0.3 is 6.18 Å². The minimum absolute atomic E-state index is 0.157. The van der Waals surface area contributed by atoms with Crippen molar-refractivity contribution in [1.29, 1.82) is 0 Å². The number of amides is 1. The minimum atomic E-state index is -4.60. The SMILES string of the molecule is CC1CCCC2CCCN(C(=O)Cn3c(C(F)(F)F)nc4ccccc43)C12. The number of benzene rings is 1. The molecule has 1 amide bonds. The van der Waals surface area contributed by atoms with Gasteiger partial charge in [-0.2, -0.15) is 13.2 Å². The Balaban J connectivity index is 1.66. The van der Waals surface area contributed by atoms with Crippen molar-refractivity contribution in [2.45, 2.75) is 57.8 Å². The van der Waals surface area contributed by atoms with Gasteiger partial charge < -0.3 is 9.47 Å². The molecule has 2 heterocycles. The van der Waals surface area contributed by atoms with Crippen molar-refractivity contribution >= 4 is 16.9 Å². The maximum Gasteiger partial charge on any atom is 0.449 e. The van der Waals surface area contributed by atoms with E-state index in [9.17, 15) is 18.0 Å². The number of rotatable bonds is 2. The monoisotopic (exact) mass is 379 g/mol. The fourth-order valence-electron chi connectivity index (χ4n) is 5.03. The Morgan fingerprint density at radius 3 is 2.70 bits per heavy atom. The van der Waals surface area contributed by atoms with Crippen LogP contribution in [0, 0.1) is 11.8 Å². The predicted molar refractivity (Wildman–Crippen MR) is 96.0 cm³/mol. The molecule has 2 aromatic rings. The highest BCUT2D eigenvalue weighted by molar-refractivity contribution is 5.81. The summed E-state index contributed by atoms with van der Waals surface area (Å²) >= 11 is 0. The fraction of sp³-hybridized carbons (Fsp3) is 0.600. The summed E-state index contributed by atoms with van der Waals surface area (Å²) in [6, 6.07) is 6.62. The number of fused-ring (bicyclic) bond motifs is 2. The number of imidazole rings is 1. The summed E-state index contributed by atoms with van der Waals surface area (Å²) < 4.78 is 41.5. The van der Waals surface area contributed by atoms with Gasteiger partial charge in [0.15, 0.2) is 0 Å². The minimum Gasteiger partial charge on any atom is -0.338 e. The molecule has 0 radical (unpaired) electrons. The highest BCUT2D eigenvalue weighted by atomic mass is 19.4. The first-order chi connectivity index (χ1) is 12.9. The van der Waals surface area contributed by atoms with E-state index in [-0.39, 0.29) is 24.0 Å². The Kier molecular flexibility index (Phi) is 4.64. The van der Waals surface area contributed by atoms with Crippen molar-refractivity contribution in [3.05, 3.63) is 30.1 Å². The number of carbonyl (C=O) groups is 1. The Bertz CT molecular complexity index is 843. The molecule has 1 aliphatic carbocycles. The molecule has 7 heteroatoms. The average Bonchev–Trinajstić information content (AvgIpc) is 3.00. The van der Waals surface area contributed by atoms with Gasteiger partial charge in [-0.25, -0.2) is 4.98 Å². The lowest BCUT2D eigenvalue weighted by molar-refractivity contribution is -0.149. The largest absolute Gasteiger partial charge is 0.449 e. The zero-order valence-electron chi connectivity index (χ0n) is 15.4. The average molecular weight is 379 g/mol. The van der Waals surface area contributed by atoms with E-state index in [4.69, 9.17) is 0 Å². The molecule has 1 saturated carbocycles. The third-order valence-electron chi connectivity index (χ3n) is 6.16. The molecule has 3 atom stereocenters. The van der Waals surface area contributed by atoms with Crippen molar-refractivity contribution in [3.8, 4) is 0 Å². The molecule has 0 N–H and O–H groups in total. The number of halogens is 3. The summed E-state index contributed by atoms with van der Waals surface area (Å²) in [7, 11) is 0. The summed E-state index contributed by atoms with van der Waals surface area (Å²) in [5.74, 6) is -0.350. The van der Waals surface area contributed by atoms with Crippen LogP contribution in [0.5, 0.6) is 0 Å². The number of para-hydroxylation sites is 2. The van der Waals surface area contributed by atoms with E-state index in [1.807, 2.05) is 4.90 Å². The van der Waals surface area contributed by atoms with Crippen LogP contribution in [-0.4, -0.2) is 32.9 Å². The van der Waals surface area contributed by atoms with Gasteiger partial charge in [0.05, 0.1) is 11.0 Å². The first-order valence-corrected chi connectivity index (χ1v) is 9.68. The molecule has 1 aromatic heterocycles. The van der Waals surface area contributed by atoms with Gasteiger partial charge in [0.2, 0.25) is 11.7 Å². The van der Waals surface area contributed by atoms with Crippen LogP contribution in [0.2, 0.25) is 0 Å². The van der Waals surface area contributed by atoms with Crippen LogP contribution in [-0.2, 0) is 17.5 Å². The molecule has 1 saturated heterocycles. The van der Waals surface area contributed by atoms with Gasteiger partial charge in [0, 0.05) is 12.6 Å². The Morgan fingerprint density at radius 2 is 1.93 bits per heavy atom. The van der Waals surface area contributed by atoms with Crippen LogP contribution in [0.25, 0.3) is 11.0 Å². The first kappa shape index (κ1) is 18.3. The van der Waals surface area contributed by atoms with Crippen LogP contribution in [0.15, 0.2) is 24.3 Å². The normalized spacial score (nSPS) is 26.2. The molecule has 2 fully saturated rings. The molecule has 2 aliphatic rings. The predicted octanol–water partition coefficient (Wildman–Crippen LogP) is 4.48. The zero-order chi connectivity index (χ0) is 19.2. The number of nitrogens with zero attached hydrogens (tertiary/aromatic N) is 3. The molecular formula is C20H24F3N3O. The van der Waals surface area contributed by atoms with Crippen LogP contribution in [0.4, 0.5) is 13.2 Å². The smallest absolute Gasteiger partial charge is 0.338 e. The summed E-state index contributed by atoms with van der Waals surface area (Å²) in [5, 5.41) is 0. The molecular weight excluding hydrogens is 355 g/mol. The van der Waals surface area contributed by atoms with Crippen molar-refractivity contribution in [2.75, 3.05) is 6.54 Å². The molecule has 0 bridgehead atoms. The lowest BCUT2D eigenvalue weighted by atomic mass is 9.73. The van der Waals surface area contributed by atoms with Crippen molar-refractivity contribution in [1.82, 2.24) is 14.5 Å². The molecule has 27 heavy (non-hydrogen) atoms. The van der Waals surface area contributed by atoms with Gasteiger partial charge in [-0.05, 0) is 49.7 Å². The third-order valence-corrected chi connectivity index (χ3v) is 6.16. The van der Waals surface area contributed by atoms with E-state index in [1.165, 1.54) is 6.42 Å². The maximum absolute atomic E-state index is 13.5. The summed E-state index contributed by atoms with van der Waals surface area (Å²) in [6.07, 6.45) is 0.807. The Morgan fingerprint density at radius 1 is 1.19 bits per heavy atom. The van der Waals surface area contributed by atoms with Crippen LogP contribution >= 0.6 is 0 Å². The number of likely N-dealkylation sites (tertiary alicyclic amines) is 1. The van der Waals surface area contributed by atoms with E-state index >= 15 is 0 Å². The van der Waals surface area contributed by atoms with E-state index in [2.05, 4.69) is 11.9 Å². The molecule has 1 aromatic carbocycles. The highest BCUT2D eigenvalue weighted by Gasteiger charge is 2.41. The first-order valence-electron chi connectivity index (χ1n) is 9.68. The van der Waals surface area contributed by atoms with E-state index in [1.54, 1.807) is 24.3 Å². The second-order valence-corrected chi connectivity index (χ2v) is 7.90. The number of piperidine rings is 1. The van der Waals surface area contributed by atoms with Crippen molar-refractivity contribution in [2.24, 2.45) is 11.8 Å². The Labute approximate surface area is 156 Å². The summed E-state index contributed by atoms with van der Waals surface area (Å²) in [4.78, 5) is 18.7. The lowest BCUT2D eigenvalue weighted by Gasteiger charge is -2.47. The summed E-state index contributed by atoms with van der Waals surface area (Å²) in [6.45, 7) is 2.49. The van der Waals surface area contributed by atoms with Gasteiger partial charge in [-0.15, -0.1) is 0 Å². The van der Waals surface area contributed by atoms with Gasteiger partial charge in [-0.1, -0.05) is 25.5 Å². The van der Waals surface area contributed by atoms with Gasteiger partial charge in [0.25, 0.3) is 0 Å². The second-order valence-electron chi connectivity index (χ2n) is 7.90. The zero-order valence-corrected chi connectivity index (χ0v) is 15.4. The number of carbonyl (C=O) groups excluding carboxylic acids is 1. The van der Waals surface area contributed by atoms with E-state index in [0.29, 0.717) is 23.9 Å². The molecule has 146 valence electrons. The third kappa shape index (κ3) is 3.32. The number of alkyl halides is 3. The van der Waals surface area contributed by atoms with Crippen molar-refractivity contribution in [3.63, 3.8) is 0 Å². The Hall–Kier alpha value is -2.05. The maximum atomic E-state index is 13.5. The second kappa shape index (κ2) is 6.84. The topological polar surface area (TPSA) is 38.1 Å². The number of hydrogen-bond acceptors (Lipinski definition) is 2. The molecule has 1 aliphatic heterocycles. The molecule has 4 rings (SSSR count). The number of hydrogen-bond donors (Lipinski definition) is 0. The molecule has 3 unspecified atom stereocenters. The van der Waals surface area contributed by atoms with Crippen molar-refractivity contribution < 1.29 is 18.0 Å². The standard InChI is InChI=1S/C20H24F3N3O/c1-13-6-4-7-14-8-5-11-25(18(13)14)17(27)12-26-16-10-3-2-9-15(16)24-19(26)20(21,22)23/h2-3,9-10,13-14,18H,4-8,11-12H2,1H3. The molecule has 4 nitrogen and oxygen atoms in total. The lowest BCUT2D eigenvalue weighted by Crippen LogP contribution is -2.53. The van der Waals surface area contributed by atoms with Crippen LogP contribution in [0.3, 0.4) is 0 Å². The molecule has 0 spiro atoms. The van der Waals surface area contributed by atoms with E-state index < -0.39 is 12.0 Å². The summed E-state index contributed by atoms with van der Waals surface area (Å²) in [5.41, 5.74) is 0.614.